The molecule has 24 heavy (non-hydrogen) atoms. The Morgan fingerprint density at radius 3 is 2.58 bits per heavy atom. The highest BCUT2D eigenvalue weighted by Gasteiger charge is 2.03. The van der Waals surface area contributed by atoms with Crippen LogP contribution in [0.2, 0.25) is 5.02 Å². The van der Waals surface area contributed by atoms with Crippen LogP contribution < -0.4 is 20.7 Å². The second kappa shape index (κ2) is 11.8. The fourth-order valence-electron chi connectivity index (χ4n) is 1.63. The molecule has 0 spiro atoms. The first-order chi connectivity index (χ1) is 11.5. The van der Waals surface area contributed by atoms with Crippen LogP contribution >= 0.6 is 27.5 Å². The highest BCUT2D eigenvalue weighted by molar-refractivity contribution is 9.10. The first-order valence-electron chi connectivity index (χ1n) is 7.53. The molecule has 1 aromatic carbocycles. The summed E-state index contributed by atoms with van der Waals surface area (Å²) in [5.41, 5.74) is 0. The van der Waals surface area contributed by atoms with Gasteiger partial charge in [-0.15, -0.1) is 0 Å². The van der Waals surface area contributed by atoms with Gasteiger partial charge in [-0.05, 0) is 31.5 Å². The minimum absolute atomic E-state index is 0.303. The maximum atomic E-state index is 11.5. The fraction of sp³-hybridized carbons (Fsp3) is 0.467. The van der Waals surface area contributed by atoms with Crippen molar-refractivity contribution in [2.24, 2.45) is 0 Å². The second-order valence-corrected chi connectivity index (χ2v) is 5.93. The minimum Gasteiger partial charge on any atom is -0.492 e. The van der Waals surface area contributed by atoms with Gasteiger partial charge in [0.25, 0.3) is 0 Å². The molecule has 0 aliphatic carbocycles. The summed E-state index contributed by atoms with van der Waals surface area (Å²) in [6.07, 6.45) is 0.143. The summed E-state index contributed by atoms with van der Waals surface area (Å²) in [5.74, 6) is 0.606. The van der Waals surface area contributed by atoms with Gasteiger partial charge in [0.2, 0.25) is 0 Å². The lowest BCUT2D eigenvalue weighted by Crippen LogP contribution is -2.40. The third-order valence-corrected chi connectivity index (χ3v) is 3.50. The molecule has 0 atom stereocenters. The molecule has 7 nitrogen and oxygen atoms in total. The van der Waals surface area contributed by atoms with Gasteiger partial charge in [-0.3, -0.25) is 0 Å². The van der Waals surface area contributed by atoms with E-state index < -0.39 is 6.09 Å². The lowest BCUT2D eigenvalue weighted by Gasteiger charge is -2.10. The van der Waals surface area contributed by atoms with Crippen molar-refractivity contribution in [3.05, 3.63) is 27.7 Å². The molecule has 0 saturated carbocycles. The average Bonchev–Trinajstić information content (AvgIpc) is 2.53. The number of carbonyl (C=O) groups is 2. The quantitative estimate of drug-likeness (QED) is 0.534. The van der Waals surface area contributed by atoms with E-state index in [1.807, 2.05) is 6.07 Å². The van der Waals surface area contributed by atoms with Gasteiger partial charge in [-0.2, -0.15) is 0 Å². The van der Waals surface area contributed by atoms with Crippen LogP contribution in [0.25, 0.3) is 0 Å². The third-order valence-electron chi connectivity index (χ3n) is 2.71. The Kier molecular flexibility index (Phi) is 10.0. The van der Waals surface area contributed by atoms with Gasteiger partial charge >= 0.3 is 12.1 Å². The van der Waals surface area contributed by atoms with Crippen LogP contribution in [0.4, 0.5) is 9.59 Å². The van der Waals surface area contributed by atoms with E-state index in [2.05, 4.69) is 36.6 Å². The molecule has 0 fully saturated rings. The molecule has 0 aromatic heterocycles. The fourth-order valence-corrected chi connectivity index (χ4v) is 2.36. The number of alkyl carbamates (subject to hydrolysis) is 1. The molecule has 0 aliphatic heterocycles. The van der Waals surface area contributed by atoms with Crippen molar-refractivity contribution in [3.63, 3.8) is 0 Å². The average molecular weight is 423 g/mol. The molecule has 1 rings (SSSR count). The summed E-state index contributed by atoms with van der Waals surface area (Å²) in [4.78, 5) is 22.5. The van der Waals surface area contributed by atoms with Crippen LogP contribution in [-0.4, -0.2) is 45.0 Å². The van der Waals surface area contributed by atoms with E-state index in [0.29, 0.717) is 50.0 Å². The van der Waals surface area contributed by atoms with Crippen LogP contribution in [0.3, 0.4) is 0 Å². The number of halogens is 2. The van der Waals surface area contributed by atoms with Crippen LogP contribution in [0, 0.1) is 0 Å². The second-order valence-electron chi connectivity index (χ2n) is 4.61. The minimum atomic E-state index is -0.497. The molecule has 134 valence electrons. The van der Waals surface area contributed by atoms with Crippen molar-refractivity contribution >= 4 is 39.7 Å². The van der Waals surface area contributed by atoms with Crippen molar-refractivity contribution in [2.75, 3.05) is 32.8 Å². The van der Waals surface area contributed by atoms with E-state index in [1.54, 1.807) is 19.1 Å². The molecule has 0 radical (unpaired) electrons. The van der Waals surface area contributed by atoms with Gasteiger partial charge in [0, 0.05) is 24.1 Å². The summed E-state index contributed by atoms with van der Waals surface area (Å²) in [7, 11) is 0. The largest absolute Gasteiger partial charge is 0.492 e. The number of benzene rings is 1. The van der Waals surface area contributed by atoms with E-state index in [1.165, 1.54) is 0 Å². The SMILES string of the molecule is CCOC(=O)NCCNC(=O)NCCCOc1ccc(Br)cc1Cl. The van der Waals surface area contributed by atoms with Gasteiger partial charge < -0.3 is 25.4 Å². The van der Waals surface area contributed by atoms with E-state index in [0.717, 1.165) is 4.47 Å². The van der Waals surface area contributed by atoms with Crippen LogP contribution in [-0.2, 0) is 4.74 Å². The normalized spacial score (nSPS) is 9.96. The lowest BCUT2D eigenvalue weighted by molar-refractivity contribution is 0.152. The summed E-state index contributed by atoms with van der Waals surface area (Å²) < 4.78 is 11.1. The van der Waals surface area contributed by atoms with E-state index >= 15 is 0 Å². The first-order valence-corrected chi connectivity index (χ1v) is 8.70. The predicted molar refractivity (Wildman–Crippen MR) is 95.7 cm³/mol. The third kappa shape index (κ3) is 8.83. The number of carbonyl (C=O) groups excluding carboxylic acids is 2. The maximum absolute atomic E-state index is 11.5. The Morgan fingerprint density at radius 2 is 1.88 bits per heavy atom. The molecule has 0 aliphatic rings. The Labute approximate surface area is 154 Å². The highest BCUT2D eigenvalue weighted by atomic mass is 79.9. The summed E-state index contributed by atoms with van der Waals surface area (Å²) >= 11 is 9.35. The van der Waals surface area contributed by atoms with Crippen molar-refractivity contribution < 1.29 is 19.1 Å². The molecule has 3 amide bonds. The molecule has 3 N–H and O–H groups in total. The van der Waals surface area contributed by atoms with Crippen molar-refractivity contribution in [1.82, 2.24) is 16.0 Å². The molecular formula is C15H21BrClN3O4. The highest BCUT2D eigenvalue weighted by Crippen LogP contribution is 2.27. The van der Waals surface area contributed by atoms with Gasteiger partial charge in [-0.25, -0.2) is 9.59 Å². The Bertz CT molecular complexity index is 545. The molecule has 0 bridgehead atoms. The van der Waals surface area contributed by atoms with Gasteiger partial charge in [-0.1, -0.05) is 27.5 Å². The first kappa shape index (κ1) is 20.4. The van der Waals surface area contributed by atoms with Crippen LogP contribution in [0.1, 0.15) is 13.3 Å². The number of urea groups is 1. The molecule has 1 aromatic rings. The van der Waals surface area contributed by atoms with Crippen LogP contribution in [0.15, 0.2) is 22.7 Å². The molecule has 0 heterocycles. The van der Waals surface area contributed by atoms with Crippen molar-refractivity contribution in [3.8, 4) is 5.75 Å². The van der Waals surface area contributed by atoms with Gasteiger partial charge in [0.15, 0.2) is 0 Å². The van der Waals surface area contributed by atoms with Gasteiger partial charge in [0.1, 0.15) is 5.75 Å². The number of amides is 3. The number of ether oxygens (including phenoxy) is 2. The number of nitrogens with one attached hydrogen (secondary N) is 3. The molecule has 9 heteroatoms. The van der Waals surface area contributed by atoms with Crippen molar-refractivity contribution in [1.29, 1.82) is 0 Å². The predicted octanol–water partition coefficient (Wildman–Crippen LogP) is 2.92. The monoisotopic (exact) mass is 421 g/mol. The zero-order valence-electron chi connectivity index (χ0n) is 13.4. The Morgan fingerprint density at radius 1 is 1.17 bits per heavy atom. The molecule has 0 unspecified atom stereocenters. The Balaban J connectivity index is 2.04. The standard InChI is InChI=1S/C15H21BrClN3O4/c1-2-23-15(22)20-8-7-19-14(21)18-6-3-9-24-13-5-4-11(16)10-12(13)17/h4-5,10H,2-3,6-9H2,1H3,(H,20,22)(H2,18,19,21). The summed E-state index contributed by atoms with van der Waals surface area (Å²) in [6.45, 7) is 3.55. The Hall–Kier alpha value is -1.67. The maximum Gasteiger partial charge on any atom is 0.407 e. The van der Waals surface area contributed by atoms with Crippen molar-refractivity contribution in [2.45, 2.75) is 13.3 Å². The smallest absolute Gasteiger partial charge is 0.407 e. The van der Waals surface area contributed by atoms with Crippen LogP contribution in [0.5, 0.6) is 5.75 Å². The number of hydrogen-bond donors (Lipinski definition) is 3. The molecule has 0 saturated heterocycles. The van der Waals surface area contributed by atoms with E-state index in [4.69, 9.17) is 16.3 Å². The topological polar surface area (TPSA) is 88.7 Å². The number of hydrogen-bond acceptors (Lipinski definition) is 4. The zero-order valence-corrected chi connectivity index (χ0v) is 15.7. The van der Waals surface area contributed by atoms with E-state index in [-0.39, 0.29) is 6.03 Å². The summed E-state index contributed by atoms with van der Waals surface area (Å²) in [6, 6.07) is 5.08. The number of rotatable bonds is 9. The summed E-state index contributed by atoms with van der Waals surface area (Å²) in [5, 5.41) is 8.34. The zero-order chi connectivity index (χ0) is 17.8. The van der Waals surface area contributed by atoms with E-state index in [9.17, 15) is 9.59 Å². The van der Waals surface area contributed by atoms with Gasteiger partial charge in [0.05, 0.1) is 18.2 Å². The molecular weight excluding hydrogens is 402 g/mol. The lowest BCUT2D eigenvalue weighted by atomic mass is 10.3.